The van der Waals surface area contributed by atoms with E-state index in [-0.39, 0.29) is 5.91 Å². The molecule has 0 radical (unpaired) electrons. The zero-order chi connectivity index (χ0) is 23.3. The number of ether oxygens (including phenoxy) is 1. The SMILES string of the molecule is Cc1c(Cc2ccccc2)sc(NC(=O)c2ccc(OCCC(C)C)c(Br)c2)c1C(N)=O. The first-order valence-corrected chi connectivity index (χ1v) is 12.1. The van der Waals surface area contributed by atoms with Crippen LogP contribution in [0.3, 0.4) is 0 Å². The standard InChI is InChI=1S/C25H27BrN2O3S/c1-15(2)11-12-31-20-10-9-18(14-19(20)26)24(30)28-25-22(23(27)29)16(3)21(32-25)13-17-7-5-4-6-8-17/h4-10,14-15H,11-13H2,1-3H3,(H2,27,29)(H,28,30). The molecule has 0 bridgehead atoms. The highest BCUT2D eigenvalue weighted by Gasteiger charge is 2.21. The number of primary amides is 1. The van der Waals surface area contributed by atoms with E-state index >= 15 is 0 Å². The van der Waals surface area contributed by atoms with E-state index in [0.717, 1.165) is 22.4 Å². The smallest absolute Gasteiger partial charge is 0.256 e. The number of nitrogens with one attached hydrogen (secondary N) is 1. The van der Waals surface area contributed by atoms with Gasteiger partial charge in [0.25, 0.3) is 11.8 Å². The summed E-state index contributed by atoms with van der Waals surface area (Å²) in [6, 6.07) is 15.2. The van der Waals surface area contributed by atoms with Gasteiger partial charge in [0.2, 0.25) is 0 Å². The van der Waals surface area contributed by atoms with Gasteiger partial charge in [-0.2, -0.15) is 0 Å². The fourth-order valence-corrected chi connectivity index (χ4v) is 4.97. The molecule has 0 saturated heterocycles. The maximum atomic E-state index is 12.9. The lowest BCUT2D eigenvalue weighted by Gasteiger charge is -2.11. The average molecular weight is 515 g/mol. The minimum absolute atomic E-state index is 0.311. The number of nitrogens with two attached hydrogens (primary N) is 1. The van der Waals surface area contributed by atoms with Crippen molar-refractivity contribution in [3.05, 3.63) is 80.1 Å². The van der Waals surface area contributed by atoms with Gasteiger partial charge < -0.3 is 15.8 Å². The first kappa shape index (κ1) is 24.0. The van der Waals surface area contributed by atoms with Crippen LogP contribution in [0.4, 0.5) is 5.00 Å². The second kappa shape index (κ2) is 10.8. The summed E-state index contributed by atoms with van der Waals surface area (Å²) in [5.74, 6) is 0.384. The molecule has 3 rings (SSSR count). The lowest BCUT2D eigenvalue weighted by molar-refractivity contribution is 0.100. The van der Waals surface area contributed by atoms with Gasteiger partial charge in [0.15, 0.2) is 0 Å². The Morgan fingerprint density at radius 2 is 1.88 bits per heavy atom. The molecule has 5 nitrogen and oxygen atoms in total. The minimum Gasteiger partial charge on any atom is -0.492 e. The number of benzene rings is 2. The van der Waals surface area contributed by atoms with E-state index in [1.54, 1.807) is 18.2 Å². The Balaban J connectivity index is 1.79. The van der Waals surface area contributed by atoms with Crippen molar-refractivity contribution >= 4 is 44.1 Å². The van der Waals surface area contributed by atoms with Crippen LogP contribution < -0.4 is 15.8 Å². The van der Waals surface area contributed by atoms with Crippen LogP contribution in [0.1, 0.15) is 57.0 Å². The van der Waals surface area contributed by atoms with Crippen molar-refractivity contribution in [2.75, 3.05) is 11.9 Å². The molecule has 0 aliphatic carbocycles. The quantitative estimate of drug-likeness (QED) is 0.357. The molecule has 0 fully saturated rings. The second-order valence-corrected chi connectivity index (χ2v) is 9.97. The van der Waals surface area contributed by atoms with E-state index in [1.165, 1.54) is 11.3 Å². The fourth-order valence-electron chi connectivity index (χ4n) is 3.23. The predicted molar refractivity (Wildman–Crippen MR) is 134 cm³/mol. The molecule has 0 atom stereocenters. The van der Waals surface area contributed by atoms with Gasteiger partial charge in [0.1, 0.15) is 10.8 Å². The van der Waals surface area contributed by atoms with E-state index in [4.69, 9.17) is 10.5 Å². The van der Waals surface area contributed by atoms with Crippen LogP contribution in [0.25, 0.3) is 0 Å². The highest BCUT2D eigenvalue weighted by atomic mass is 79.9. The highest BCUT2D eigenvalue weighted by molar-refractivity contribution is 9.10. The molecule has 0 spiro atoms. The molecule has 7 heteroatoms. The van der Waals surface area contributed by atoms with E-state index in [9.17, 15) is 9.59 Å². The summed E-state index contributed by atoms with van der Waals surface area (Å²) in [6.45, 7) is 6.76. The van der Waals surface area contributed by atoms with Gasteiger partial charge in [-0.25, -0.2) is 0 Å². The fraction of sp³-hybridized carbons (Fsp3) is 0.280. The molecule has 3 aromatic rings. The third-order valence-electron chi connectivity index (χ3n) is 5.07. The first-order valence-electron chi connectivity index (χ1n) is 10.5. The van der Waals surface area contributed by atoms with Crippen LogP contribution in [0.5, 0.6) is 5.75 Å². The molecule has 32 heavy (non-hydrogen) atoms. The number of hydrogen-bond acceptors (Lipinski definition) is 4. The van der Waals surface area contributed by atoms with Gasteiger partial charge in [0.05, 0.1) is 16.6 Å². The molecule has 168 valence electrons. The van der Waals surface area contributed by atoms with Crippen molar-refractivity contribution in [3.63, 3.8) is 0 Å². The maximum Gasteiger partial charge on any atom is 0.256 e. The van der Waals surface area contributed by atoms with E-state index < -0.39 is 5.91 Å². The summed E-state index contributed by atoms with van der Waals surface area (Å²) in [7, 11) is 0. The normalized spacial score (nSPS) is 10.9. The third kappa shape index (κ3) is 5.99. The summed E-state index contributed by atoms with van der Waals surface area (Å²) in [5, 5.41) is 3.35. The molecule has 3 N–H and O–H groups in total. The number of carbonyl (C=O) groups excluding carboxylic acids is 2. The van der Waals surface area contributed by atoms with E-state index in [1.807, 2.05) is 37.3 Å². The Hall–Kier alpha value is -2.64. The highest BCUT2D eigenvalue weighted by Crippen LogP contribution is 2.35. The number of hydrogen-bond donors (Lipinski definition) is 2. The molecule has 0 aliphatic heterocycles. The van der Waals surface area contributed by atoms with Gasteiger partial charge in [-0.05, 0) is 64.5 Å². The van der Waals surface area contributed by atoms with Crippen LogP contribution in [-0.2, 0) is 6.42 Å². The zero-order valence-corrected chi connectivity index (χ0v) is 20.8. The van der Waals surface area contributed by atoms with Crippen LogP contribution in [0, 0.1) is 12.8 Å². The molecular weight excluding hydrogens is 488 g/mol. The number of rotatable bonds is 9. The number of carbonyl (C=O) groups is 2. The van der Waals surface area contributed by atoms with E-state index in [0.29, 0.717) is 45.3 Å². The summed E-state index contributed by atoms with van der Waals surface area (Å²) < 4.78 is 6.49. The van der Waals surface area contributed by atoms with Crippen molar-refractivity contribution in [2.24, 2.45) is 11.7 Å². The molecule has 2 amide bonds. The van der Waals surface area contributed by atoms with Gasteiger partial charge in [-0.3, -0.25) is 9.59 Å². The summed E-state index contributed by atoms with van der Waals surface area (Å²) in [6.07, 6.45) is 1.62. The van der Waals surface area contributed by atoms with Crippen LogP contribution in [0.15, 0.2) is 53.0 Å². The summed E-state index contributed by atoms with van der Waals surface area (Å²) >= 11 is 4.87. The Morgan fingerprint density at radius 1 is 1.16 bits per heavy atom. The monoisotopic (exact) mass is 514 g/mol. The second-order valence-electron chi connectivity index (χ2n) is 8.01. The van der Waals surface area contributed by atoms with Gasteiger partial charge in [-0.15, -0.1) is 11.3 Å². The number of amides is 2. The van der Waals surface area contributed by atoms with Crippen LogP contribution in [-0.4, -0.2) is 18.4 Å². The van der Waals surface area contributed by atoms with Crippen molar-refractivity contribution in [1.29, 1.82) is 0 Å². The molecule has 0 unspecified atom stereocenters. The van der Waals surface area contributed by atoms with Crippen LogP contribution in [0.2, 0.25) is 0 Å². The molecule has 0 aliphatic rings. The molecular formula is C25H27BrN2O3S. The molecule has 1 aromatic heterocycles. The predicted octanol–water partition coefficient (Wildman–Crippen LogP) is 6.19. The third-order valence-corrected chi connectivity index (χ3v) is 6.90. The number of halogens is 1. The lowest BCUT2D eigenvalue weighted by Crippen LogP contribution is -2.17. The maximum absolute atomic E-state index is 12.9. The Kier molecular flexibility index (Phi) is 8.10. The summed E-state index contributed by atoms with van der Waals surface area (Å²) in [5.41, 5.74) is 8.39. The van der Waals surface area contributed by atoms with Crippen molar-refractivity contribution in [3.8, 4) is 5.75 Å². The van der Waals surface area contributed by atoms with Crippen molar-refractivity contribution in [2.45, 2.75) is 33.6 Å². The van der Waals surface area contributed by atoms with Crippen LogP contribution >= 0.6 is 27.3 Å². The minimum atomic E-state index is -0.552. The first-order chi connectivity index (χ1) is 15.3. The van der Waals surface area contributed by atoms with Gasteiger partial charge >= 0.3 is 0 Å². The number of thiophene rings is 1. The molecule has 1 heterocycles. The summed E-state index contributed by atoms with van der Waals surface area (Å²) in [4.78, 5) is 26.0. The van der Waals surface area contributed by atoms with Crippen molar-refractivity contribution < 1.29 is 14.3 Å². The zero-order valence-electron chi connectivity index (χ0n) is 18.4. The lowest BCUT2D eigenvalue weighted by atomic mass is 10.1. The Morgan fingerprint density at radius 3 is 2.50 bits per heavy atom. The van der Waals surface area contributed by atoms with E-state index in [2.05, 4.69) is 35.1 Å². The Bertz CT molecular complexity index is 1110. The molecule has 0 saturated carbocycles. The average Bonchev–Trinajstić information content (AvgIpc) is 3.04. The largest absolute Gasteiger partial charge is 0.492 e. The van der Waals surface area contributed by atoms with Gasteiger partial charge in [-0.1, -0.05) is 44.2 Å². The Labute approximate surface area is 201 Å². The molecule has 2 aromatic carbocycles. The number of anilines is 1. The van der Waals surface area contributed by atoms with Gasteiger partial charge in [0, 0.05) is 16.9 Å². The topological polar surface area (TPSA) is 81.4 Å². The van der Waals surface area contributed by atoms with Crippen molar-refractivity contribution in [1.82, 2.24) is 0 Å².